The number of fused-ring (bicyclic) bond motifs is 1. The van der Waals surface area contributed by atoms with Gasteiger partial charge in [-0.25, -0.2) is 9.78 Å². The second-order valence-electron chi connectivity index (χ2n) is 8.93. The minimum atomic E-state index is 0.00629. The van der Waals surface area contributed by atoms with Crippen LogP contribution in [0.25, 0.3) is 10.9 Å². The Bertz CT molecular complexity index is 856. The molecule has 0 unspecified atom stereocenters. The van der Waals surface area contributed by atoms with Crippen molar-refractivity contribution in [2.75, 3.05) is 24.3 Å². The van der Waals surface area contributed by atoms with E-state index >= 15 is 0 Å². The molecule has 2 aliphatic carbocycles. The molecule has 0 aliphatic heterocycles. The summed E-state index contributed by atoms with van der Waals surface area (Å²) in [5, 5.41) is 10.9. The van der Waals surface area contributed by atoms with Crippen molar-refractivity contribution in [1.29, 1.82) is 0 Å². The molecule has 1 aromatic heterocycles. The predicted octanol–water partition coefficient (Wildman–Crippen LogP) is 4.05. The maximum absolute atomic E-state index is 12.3. The standard InChI is InChI=1S/C23H34N6O/c1-29(2)21-19-10-6-7-11-20(19)27-22(28-21)24-17-12-14-18(15-13-17)26-23(30)25-16-8-4-3-5-9-16/h6-7,10-11,16-18H,3-5,8-9,12-15H2,1-2H3,(H,24,27,28)(H2,25,26,30)/t17-,18+. The van der Waals surface area contributed by atoms with Gasteiger partial charge in [-0.3, -0.25) is 0 Å². The zero-order valence-corrected chi connectivity index (χ0v) is 18.2. The Hall–Kier alpha value is -2.57. The zero-order chi connectivity index (χ0) is 20.9. The van der Waals surface area contributed by atoms with Crippen LogP contribution >= 0.6 is 0 Å². The number of hydrogen-bond acceptors (Lipinski definition) is 5. The Morgan fingerprint density at radius 2 is 1.50 bits per heavy atom. The Morgan fingerprint density at radius 1 is 0.867 bits per heavy atom. The molecular weight excluding hydrogens is 376 g/mol. The van der Waals surface area contributed by atoms with Gasteiger partial charge in [-0.1, -0.05) is 31.4 Å². The normalized spacial score (nSPS) is 22.5. The van der Waals surface area contributed by atoms with Crippen molar-refractivity contribution >= 4 is 28.7 Å². The first kappa shape index (κ1) is 20.7. The molecule has 0 atom stereocenters. The van der Waals surface area contributed by atoms with Crippen LogP contribution in [0.5, 0.6) is 0 Å². The molecule has 1 heterocycles. The van der Waals surface area contributed by atoms with E-state index in [-0.39, 0.29) is 12.1 Å². The quantitative estimate of drug-likeness (QED) is 0.693. The third kappa shape index (κ3) is 5.12. The first-order valence-corrected chi connectivity index (χ1v) is 11.4. The predicted molar refractivity (Wildman–Crippen MR) is 122 cm³/mol. The number of benzene rings is 1. The van der Waals surface area contributed by atoms with Crippen LogP contribution in [0.15, 0.2) is 24.3 Å². The smallest absolute Gasteiger partial charge is 0.315 e. The molecule has 2 fully saturated rings. The summed E-state index contributed by atoms with van der Waals surface area (Å²) in [5.74, 6) is 1.61. The van der Waals surface area contributed by atoms with Crippen molar-refractivity contribution in [2.45, 2.75) is 75.9 Å². The van der Waals surface area contributed by atoms with E-state index < -0.39 is 0 Å². The first-order valence-electron chi connectivity index (χ1n) is 11.4. The number of carbonyl (C=O) groups is 1. The summed E-state index contributed by atoms with van der Waals surface area (Å²) in [7, 11) is 4.02. The van der Waals surface area contributed by atoms with Gasteiger partial charge in [0.1, 0.15) is 5.82 Å². The van der Waals surface area contributed by atoms with Crippen molar-refractivity contribution in [1.82, 2.24) is 20.6 Å². The van der Waals surface area contributed by atoms with Crippen LogP contribution < -0.4 is 20.9 Å². The summed E-state index contributed by atoms with van der Waals surface area (Å²) in [6, 6.07) is 9.06. The van der Waals surface area contributed by atoms with Crippen LogP contribution in [0.2, 0.25) is 0 Å². The summed E-state index contributed by atoms with van der Waals surface area (Å²) < 4.78 is 0. The second-order valence-corrected chi connectivity index (χ2v) is 8.93. The molecule has 7 heteroatoms. The molecule has 2 amide bonds. The van der Waals surface area contributed by atoms with E-state index in [1.807, 2.05) is 37.2 Å². The maximum atomic E-state index is 12.3. The average molecular weight is 411 g/mol. The van der Waals surface area contributed by atoms with E-state index in [1.54, 1.807) is 0 Å². The van der Waals surface area contributed by atoms with E-state index in [0.29, 0.717) is 18.0 Å². The van der Waals surface area contributed by atoms with Crippen molar-refractivity contribution in [3.8, 4) is 0 Å². The molecule has 1 aromatic carbocycles. The van der Waals surface area contributed by atoms with Crippen LogP contribution in [0.3, 0.4) is 0 Å². The molecule has 7 nitrogen and oxygen atoms in total. The van der Waals surface area contributed by atoms with E-state index in [2.05, 4.69) is 22.0 Å². The van der Waals surface area contributed by atoms with Crippen molar-refractivity contribution in [3.05, 3.63) is 24.3 Å². The van der Waals surface area contributed by atoms with Gasteiger partial charge >= 0.3 is 6.03 Å². The number of amides is 2. The highest BCUT2D eigenvalue weighted by atomic mass is 16.2. The Balaban J connectivity index is 1.30. The number of aromatic nitrogens is 2. The topological polar surface area (TPSA) is 82.2 Å². The molecular formula is C23H34N6O. The molecule has 0 radical (unpaired) electrons. The first-order chi connectivity index (χ1) is 14.6. The van der Waals surface area contributed by atoms with Gasteiger partial charge in [0.25, 0.3) is 0 Å². The molecule has 162 valence electrons. The van der Waals surface area contributed by atoms with Crippen molar-refractivity contribution in [3.63, 3.8) is 0 Å². The number of hydrogen-bond donors (Lipinski definition) is 3. The highest BCUT2D eigenvalue weighted by Crippen LogP contribution is 2.26. The number of nitrogens with one attached hydrogen (secondary N) is 3. The molecule has 4 rings (SSSR count). The lowest BCUT2D eigenvalue weighted by Gasteiger charge is -2.31. The summed E-state index contributed by atoms with van der Waals surface area (Å²) >= 11 is 0. The fraction of sp³-hybridized carbons (Fsp3) is 0.609. The van der Waals surface area contributed by atoms with E-state index in [1.165, 1.54) is 19.3 Å². The maximum Gasteiger partial charge on any atom is 0.315 e. The number of para-hydroxylation sites is 1. The highest BCUT2D eigenvalue weighted by molar-refractivity contribution is 5.90. The molecule has 2 aliphatic rings. The summed E-state index contributed by atoms with van der Waals surface area (Å²) in [6.07, 6.45) is 9.95. The van der Waals surface area contributed by atoms with Gasteiger partial charge in [0.15, 0.2) is 0 Å². The Kier molecular flexibility index (Phi) is 6.55. The van der Waals surface area contributed by atoms with Gasteiger partial charge in [-0.05, 0) is 50.7 Å². The zero-order valence-electron chi connectivity index (χ0n) is 18.2. The molecule has 0 saturated heterocycles. The molecule has 2 aromatic rings. The van der Waals surface area contributed by atoms with Gasteiger partial charge in [0.2, 0.25) is 5.95 Å². The number of rotatable bonds is 5. The lowest BCUT2D eigenvalue weighted by atomic mass is 9.91. The van der Waals surface area contributed by atoms with Crippen LogP contribution in [-0.2, 0) is 0 Å². The highest BCUT2D eigenvalue weighted by Gasteiger charge is 2.24. The summed E-state index contributed by atoms with van der Waals surface area (Å²) in [5.41, 5.74) is 0.952. The fourth-order valence-corrected chi connectivity index (χ4v) is 4.69. The van der Waals surface area contributed by atoms with Crippen molar-refractivity contribution in [2.24, 2.45) is 0 Å². The number of anilines is 2. The van der Waals surface area contributed by atoms with E-state index in [9.17, 15) is 4.79 Å². The van der Waals surface area contributed by atoms with E-state index in [4.69, 9.17) is 9.97 Å². The third-order valence-corrected chi connectivity index (χ3v) is 6.34. The molecule has 3 N–H and O–H groups in total. The van der Waals surface area contributed by atoms with Crippen LogP contribution in [0.4, 0.5) is 16.6 Å². The van der Waals surface area contributed by atoms with Gasteiger partial charge in [0, 0.05) is 37.6 Å². The van der Waals surface area contributed by atoms with E-state index in [0.717, 1.165) is 55.2 Å². The Morgan fingerprint density at radius 3 is 2.20 bits per heavy atom. The van der Waals surface area contributed by atoms with Gasteiger partial charge < -0.3 is 20.9 Å². The molecule has 2 saturated carbocycles. The third-order valence-electron chi connectivity index (χ3n) is 6.34. The molecule has 30 heavy (non-hydrogen) atoms. The van der Waals surface area contributed by atoms with Crippen LogP contribution in [0.1, 0.15) is 57.8 Å². The SMILES string of the molecule is CN(C)c1nc(N[C@H]2CC[C@@H](NC(=O)NC3CCCCC3)CC2)nc2ccccc12. The summed E-state index contributed by atoms with van der Waals surface area (Å²) in [4.78, 5) is 23.8. The van der Waals surface area contributed by atoms with Crippen LogP contribution in [-0.4, -0.2) is 48.2 Å². The largest absolute Gasteiger partial charge is 0.362 e. The van der Waals surface area contributed by atoms with Gasteiger partial charge in [-0.2, -0.15) is 4.98 Å². The van der Waals surface area contributed by atoms with Gasteiger partial charge in [-0.15, -0.1) is 0 Å². The average Bonchev–Trinajstić information content (AvgIpc) is 2.75. The number of carbonyl (C=O) groups excluding carboxylic acids is 1. The van der Waals surface area contributed by atoms with Crippen LogP contribution in [0, 0.1) is 0 Å². The lowest BCUT2D eigenvalue weighted by molar-refractivity contribution is 0.224. The monoisotopic (exact) mass is 410 g/mol. The molecule has 0 spiro atoms. The summed E-state index contributed by atoms with van der Waals surface area (Å²) in [6.45, 7) is 0. The minimum absolute atomic E-state index is 0.00629. The lowest BCUT2D eigenvalue weighted by Crippen LogP contribution is -2.48. The minimum Gasteiger partial charge on any atom is -0.362 e. The fourth-order valence-electron chi connectivity index (χ4n) is 4.69. The van der Waals surface area contributed by atoms with Crippen molar-refractivity contribution < 1.29 is 4.79 Å². The molecule has 0 bridgehead atoms. The number of urea groups is 1. The Labute approximate surface area is 179 Å². The number of nitrogens with zero attached hydrogens (tertiary/aromatic N) is 3. The second kappa shape index (κ2) is 9.49. The van der Waals surface area contributed by atoms with Gasteiger partial charge in [0.05, 0.1) is 5.52 Å².